The molecule has 1 aliphatic heterocycles. The molecule has 0 radical (unpaired) electrons. The number of carbonyl (C=O) groups is 1. The summed E-state index contributed by atoms with van der Waals surface area (Å²) < 4.78 is 0. The van der Waals surface area contributed by atoms with Crippen molar-refractivity contribution in [1.82, 2.24) is 14.9 Å². The van der Waals surface area contributed by atoms with Crippen molar-refractivity contribution in [2.45, 2.75) is 27.2 Å². The highest BCUT2D eigenvalue weighted by atomic mass is 35.5. The van der Waals surface area contributed by atoms with Gasteiger partial charge in [0.2, 0.25) is 0 Å². The van der Waals surface area contributed by atoms with Crippen molar-refractivity contribution in [3.05, 3.63) is 51.2 Å². The molecular weight excluding hydrogens is 392 g/mol. The van der Waals surface area contributed by atoms with E-state index >= 15 is 0 Å². The topological polar surface area (TPSA) is 49.3 Å². The molecule has 1 fully saturated rings. The molecule has 7 heteroatoms. The number of halogens is 1. The lowest BCUT2D eigenvalue weighted by Crippen LogP contribution is -2.48. The van der Waals surface area contributed by atoms with Gasteiger partial charge in [0.1, 0.15) is 10.7 Å². The van der Waals surface area contributed by atoms with Crippen LogP contribution in [-0.4, -0.2) is 47.0 Å². The molecule has 3 heterocycles. The predicted molar refractivity (Wildman–Crippen MR) is 116 cm³/mol. The number of aryl methyl sites for hydroxylation is 3. The summed E-state index contributed by atoms with van der Waals surface area (Å²) in [4.78, 5) is 28.3. The van der Waals surface area contributed by atoms with Crippen molar-refractivity contribution in [3.8, 4) is 0 Å². The van der Waals surface area contributed by atoms with Crippen molar-refractivity contribution < 1.29 is 4.79 Å². The fourth-order valence-corrected chi connectivity index (χ4v) is 5.23. The number of rotatable bonds is 3. The maximum atomic E-state index is 13.2. The van der Waals surface area contributed by atoms with Gasteiger partial charge in [-0.1, -0.05) is 30.7 Å². The van der Waals surface area contributed by atoms with Crippen LogP contribution in [0.4, 0.5) is 5.69 Å². The average Bonchev–Trinajstić information content (AvgIpc) is 3.04. The first-order valence-corrected chi connectivity index (χ1v) is 10.7. The van der Waals surface area contributed by atoms with Crippen molar-refractivity contribution >= 4 is 44.7 Å². The van der Waals surface area contributed by atoms with Crippen LogP contribution < -0.4 is 4.90 Å². The molecule has 0 bridgehead atoms. The van der Waals surface area contributed by atoms with Crippen LogP contribution in [0.1, 0.15) is 33.7 Å². The number of anilines is 1. The number of benzene rings is 1. The maximum absolute atomic E-state index is 13.2. The summed E-state index contributed by atoms with van der Waals surface area (Å²) in [5.74, 6) is 0.926. The Hall–Kier alpha value is -2.18. The Morgan fingerprint density at radius 1 is 1.14 bits per heavy atom. The lowest BCUT2D eigenvalue weighted by atomic mass is 10.1. The Bertz CT molecular complexity index is 1040. The molecule has 3 aromatic rings. The van der Waals surface area contributed by atoms with Gasteiger partial charge in [-0.05, 0) is 31.5 Å². The highest BCUT2D eigenvalue weighted by Crippen LogP contribution is 2.33. The monoisotopic (exact) mass is 414 g/mol. The van der Waals surface area contributed by atoms with Crippen LogP contribution in [0.25, 0.3) is 10.2 Å². The van der Waals surface area contributed by atoms with E-state index in [1.807, 2.05) is 49.9 Å². The summed E-state index contributed by atoms with van der Waals surface area (Å²) >= 11 is 7.82. The molecule has 1 saturated heterocycles. The van der Waals surface area contributed by atoms with E-state index < -0.39 is 0 Å². The minimum atomic E-state index is 0.0942. The van der Waals surface area contributed by atoms with Gasteiger partial charge in [0.15, 0.2) is 0 Å². The summed E-state index contributed by atoms with van der Waals surface area (Å²) in [6.07, 6.45) is 0.793. The van der Waals surface area contributed by atoms with Crippen molar-refractivity contribution in [1.29, 1.82) is 0 Å². The third-order valence-corrected chi connectivity index (χ3v) is 6.78. The highest BCUT2D eigenvalue weighted by molar-refractivity contribution is 7.20. The Morgan fingerprint density at radius 3 is 2.54 bits per heavy atom. The van der Waals surface area contributed by atoms with Crippen LogP contribution in [0.5, 0.6) is 0 Å². The Labute approximate surface area is 174 Å². The summed E-state index contributed by atoms with van der Waals surface area (Å²) in [7, 11) is 0. The average molecular weight is 415 g/mol. The lowest BCUT2D eigenvalue weighted by molar-refractivity contribution is 0.0751. The first kappa shape index (κ1) is 19.2. The van der Waals surface area contributed by atoms with E-state index in [0.717, 1.165) is 62.4 Å². The largest absolute Gasteiger partial charge is 0.367 e. The number of hydrogen-bond donors (Lipinski definition) is 0. The zero-order chi connectivity index (χ0) is 19.8. The Kier molecular flexibility index (Phi) is 5.25. The number of hydrogen-bond acceptors (Lipinski definition) is 5. The second-order valence-electron chi connectivity index (χ2n) is 7.05. The Morgan fingerprint density at radius 2 is 1.86 bits per heavy atom. The van der Waals surface area contributed by atoms with Crippen LogP contribution in [0.2, 0.25) is 5.02 Å². The first-order valence-electron chi connectivity index (χ1n) is 9.55. The molecule has 1 aromatic carbocycles. The quantitative estimate of drug-likeness (QED) is 0.633. The van der Waals surface area contributed by atoms with E-state index in [2.05, 4.69) is 14.9 Å². The van der Waals surface area contributed by atoms with Gasteiger partial charge in [-0.25, -0.2) is 9.97 Å². The molecule has 146 valence electrons. The normalized spacial score (nSPS) is 14.7. The lowest BCUT2D eigenvalue weighted by Gasteiger charge is -2.36. The summed E-state index contributed by atoms with van der Waals surface area (Å²) in [6.45, 7) is 8.97. The van der Waals surface area contributed by atoms with Crippen LogP contribution in [0.3, 0.4) is 0 Å². The zero-order valence-electron chi connectivity index (χ0n) is 16.3. The number of carbonyl (C=O) groups excluding carboxylic acids is 1. The third kappa shape index (κ3) is 3.35. The SMILES string of the molecule is CCc1nc(C)c2c(C)c(C(=O)N3CCN(c4ccccc4Cl)CC3)sc2n1. The van der Waals surface area contributed by atoms with Crippen molar-refractivity contribution in [2.24, 2.45) is 0 Å². The van der Waals surface area contributed by atoms with E-state index in [-0.39, 0.29) is 5.91 Å². The van der Waals surface area contributed by atoms with Crippen LogP contribution in [0, 0.1) is 13.8 Å². The molecule has 0 saturated carbocycles. The Balaban J connectivity index is 1.55. The van der Waals surface area contributed by atoms with E-state index in [1.54, 1.807) is 0 Å². The molecule has 4 rings (SSSR count). The smallest absolute Gasteiger partial charge is 0.264 e. The fourth-order valence-electron chi connectivity index (χ4n) is 3.76. The number of aromatic nitrogens is 2. The second-order valence-corrected chi connectivity index (χ2v) is 8.45. The number of para-hydroxylation sites is 1. The van der Waals surface area contributed by atoms with E-state index in [9.17, 15) is 4.79 Å². The van der Waals surface area contributed by atoms with E-state index in [1.165, 1.54) is 11.3 Å². The third-order valence-electron chi connectivity index (χ3n) is 5.29. The zero-order valence-corrected chi connectivity index (χ0v) is 17.9. The second kappa shape index (κ2) is 7.68. The number of amides is 1. The van der Waals surface area contributed by atoms with Gasteiger partial charge in [0.05, 0.1) is 15.6 Å². The fraction of sp³-hybridized carbons (Fsp3) is 0.381. The van der Waals surface area contributed by atoms with Gasteiger partial charge < -0.3 is 9.80 Å². The minimum absolute atomic E-state index is 0.0942. The minimum Gasteiger partial charge on any atom is -0.367 e. The predicted octanol–water partition coefficient (Wildman–Crippen LogP) is 4.49. The molecule has 0 atom stereocenters. The molecule has 28 heavy (non-hydrogen) atoms. The molecular formula is C21H23ClN4OS. The molecule has 0 aliphatic carbocycles. The molecule has 1 aliphatic rings. The van der Waals surface area contributed by atoms with Gasteiger partial charge in [-0.15, -0.1) is 11.3 Å². The molecule has 0 unspecified atom stereocenters. The van der Waals surface area contributed by atoms with E-state index in [0.29, 0.717) is 13.1 Å². The molecule has 5 nitrogen and oxygen atoms in total. The summed E-state index contributed by atoms with van der Waals surface area (Å²) in [5, 5.41) is 1.78. The highest BCUT2D eigenvalue weighted by Gasteiger charge is 2.27. The molecule has 0 N–H and O–H groups in total. The first-order chi connectivity index (χ1) is 13.5. The molecule has 1 amide bonds. The number of thiophene rings is 1. The summed E-state index contributed by atoms with van der Waals surface area (Å²) in [6, 6.07) is 7.86. The number of piperazine rings is 1. The number of nitrogens with zero attached hydrogens (tertiary/aromatic N) is 4. The van der Waals surface area contributed by atoms with Crippen LogP contribution >= 0.6 is 22.9 Å². The van der Waals surface area contributed by atoms with Gasteiger partial charge in [0, 0.05) is 43.7 Å². The van der Waals surface area contributed by atoms with Crippen LogP contribution in [-0.2, 0) is 6.42 Å². The molecule has 0 spiro atoms. The number of fused-ring (bicyclic) bond motifs is 1. The van der Waals surface area contributed by atoms with E-state index in [4.69, 9.17) is 11.6 Å². The van der Waals surface area contributed by atoms with Gasteiger partial charge in [-0.2, -0.15) is 0 Å². The van der Waals surface area contributed by atoms with Gasteiger partial charge in [-0.3, -0.25) is 4.79 Å². The molecule has 2 aromatic heterocycles. The van der Waals surface area contributed by atoms with Crippen molar-refractivity contribution in [2.75, 3.05) is 31.1 Å². The maximum Gasteiger partial charge on any atom is 0.264 e. The summed E-state index contributed by atoms with van der Waals surface area (Å²) in [5.41, 5.74) is 2.99. The standard InChI is InChI=1S/C21H23ClN4OS/c1-4-17-23-14(3)18-13(2)19(28-20(18)24-17)21(27)26-11-9-25(10-12-26)16-8-6-5-7-15(16)22/h5-8H,4,9-12H2,1-3H3. The van der Waals surface area contributed by atoms with Gasteiger partial charge >= 0.3 is 0 Å². The van der Waals surface area contributed by atoms with Crippen LogP contribution in [0.15, 0.2) is 24.3 Å². The van der Waals surface area contributed by atoms with Crippen molar-refractivity contribution in [3.63, 3.8) is 0 Å². The van der Waals surface area contributed by atoms with Gasteiger partial charge in [0.25, 0.3) is 5.91 Å².